The molecule has 1 aromatic rings. The van der Waals surface area contributed by atoms with Crippen molar-refractivity contribution in [3.05, 3.63) is 18.0 Å². The summed E-state index contributed by atoms with van der Waals surface area (Å²) in [6.07, 6.45) is 6.38. The van der Waals surface area contributed by atoms with Crippen molar-refractivity contribution in [1.29, 1.82) is 0 Å². The summed E-state index contributed by atoms with van der Waals surface area (Å²) in [6.45, 7) is 5.67. The Morgan fingerprint density at radius 1 is 1.47 bits per heavy atom. The molecule has 1 aromatic heterocycles. The van der Waals surface area contributed by atoms with Gasteiger partial charge in [-0.15, -0.1) is 0 Å². The van der Waals surface area contributed by atoms with Crippen molar-refractivity contribution in [2.75, 3.05) is 25.0 Å². The van der Waals surface area contributed by atoms with E-state index in [0.717, 1.165) is 24.8 Å². The molecule has 86 valence electrons. The fraction of sp³-hybridized carbons (Fsp3) is 0.727. The van der Waals surface area contributed by atoms with E-state index < -0.39 is 0 Å². The molecule has 0 spiro atoms. The molecule has 0 bridgehead atoms. The molecule has 4 heteroatoms. The minimum Gasteiger partial charge on any atom is -0.303 e. The van der Waals surface area contributed by atoms with Crippen LogP contribution in [0.4, 0.5) is 0 Å². The Kier molecular flexibility index (Phi) is 5.95. The summed E-state index contributed by atoms with van der Waals surface area (Å²) >= 11 is 3.47. The Morgan fingerprint density at radius 3 is 2.80 bits per heavy atom. The second-order valence-electron chi connectivity index (χ2n) is 3.75. The van der Waals surface area contributed by atoms with Crippen LogP contribution in [0.2, 0.25) is 0 Å². The largest absolute Gasteiger partial charge is 0.303 e. The predicted octanol–water partition coefficient (Wildman–Crippen LogP) is 2.07. The summed E-state index contributed by atoms with van der Waals surface area (Å²) in [4.78, 5) is 2.48. The lowest BCUT2D eigenvalue weighted by atomic mass is 10.2. The molecule has 1 heterocycles. The van der Waals surface area contributed by atoms with Crippen molar-refractivity contribution in [2.24, 2.45) is 7.05 Å². The van der Waals surface area contributed by atoms with Crippen LogP contribution < -0.4 is 0 Å². The van der Waals surface area contributed by atoms with E-state index in [2.05, 4.69) is 39.0 Å². The second-order valence-corrected chi connectivity index (χ2v) is 4.54. The summed E-state index contributed by atoms with van der Waals surface area (Å²) in [5.41, 5.74) is 1.33. The van der Waals surface area contributed by atoms with Crippen molar-refractivity contribution < 1.29 is 0 Å². The molecule has 0 fully saturated rings. The van der Waals surface area contributed by atoms with Crippen LogP contribution in [0.15, 0.2) is 12.4 Å². The Morgan fingerprint density at radius 2 is 2.27 bits per heavy atom. The number of halogens is 1. The minimum absolute atomic E-state index is 1.09. The Hall–Kier alpha value is -0.350. The standard InChI is InChI=1S/C11H20BrN3/c1-3-15(7-4-6-12)8-5-11-9-13-14(2)10-11/h9-10H,3-8H2,1-2H3. The monoisotopic (exact) mass is 273 g/mol. The third kappa shape index (κ3) is 4.80. The molecule has 0 unspecified atom stereocenters. The molecule has 0 saturated carbocycles. The average Bonchev–Trinajstić information content (AvgIpc) is 2.65. The van der Waals surface area contributed by atoms with Crippen molar-refractivity contribution in [3.8, 4) is 0 Å². The van der Waals surface area contributed by atoms with Crippen molar-refractivity contribution >= 4 is 15.9 Å². The van der Waals surface area contributed by atoms with Crippen LogP contribution in [0.25, 0.3) is 0 Å². The van der Waals surface area contributed by atoms with Crippen LogP contribution in [-0.2, 0) is 13.5 Å². The number of rotatable bonds is 7. The van der Waals surface area contributed by atoms with Crippen LogP contribution in [0.1, 0.15) is 18.9 Å². The van der Waals surface area contributed by atoms with Gasteiger partial charge in [-0.1, -0.05) is 22.9 Å². The molecule has 0 aliphatic heterocycles. The first-order valence-electron chi connectivity index (χ1n) is 5.52. The number of hydrogen-bond acceptors (Lipinski definition) is 2. The molecule has 15 heavy (non-hydrogen) atoms. The van der Waals surface area contributed by atoms with Gasteiger partial charge in [0, 0.05) is 25.1 Å². The Labute approximate surface area is 101 Å². The van der Waals surface area contributed by atoms with E-state index in [4.69, 9.17) is 0 Å². The molecule has 0 aliphatic rings. The maximum absolute atomic E-state index is 4.17. The maximum atomic E-state index is 4.17. The van der Waals surface area contributed by atoms with Gasteiger partial charge in [-0.3, -0.25) is 4.68 Å². The molecule has 0 radical (unpaired) electrons. The van der Waals surface area contributed by atoms with Gasteiger partial charge in [0.1, 0.15) is 0 Å². The fourth-order valence-corrected chi connectivity index (χ4v) is 1.85. The number of likely N-dealkylation sites (N-methyl/N-ethyl adjacent to an activating group) is 1. The number of nitrogens with zero attached hydrogens (tertiary/aromatic N) is 3. The SMILES string of the molecule is CCN(CCCBr)CCc1cnn(C)c1. The van der Waals surface area contributed by atoms with Gasteiger partial charge < -0.3 is 4.90 Å². The maximum Gasteiger partial charge on any atom is 0.0522 e. The highest BCUT2D eigenvalue weighted by molar-refractivity contribution is 9.09. The lowest BCUT2D eigenvalue weighted by molar-refractivity contribution is 0.293. The van der Waals surface area contributed by atoms with Crippen molar-refractivity contribution in [1.82, 2.24) is 14.7 Å². The molecule has 3 nitrogen and oxygen atoms in total. The molecular weight excluding hydrogens is 254 g/mol. The summed E-state index contributed by atoms with van der Waals surface area (Å²) in [5, 5.41) is 5.27. The number of aryl methyl sites for hydroxylation is 1. The fourth-order valence-electron chi connectivity index (χ4n) is 1.60. The molecule has 0 N–H and O–H groups in total. The van der Waals surface area contributed by atoms with E-state index in [9.17, 15) is 0 Å². The molecule has 0 saturated heterocycles. The van der Waals surface area contributed by atoms with Crippen LogP contribution >= 0.6 is 15.9 Å². The van der Waals surface area contributed by atoms with E-state index in [1.807, 2.05) is 17.9 Å². The number of alkyl halides is 1. The summed E-state index contributed by atoms with van der Waals surface area (Å²) in [5.74, 6) is 0. The van der Waals surface area contributed by atoms with Gasteiger partial charge in [-0.25, -0.2) is 0 Å². The van der Waals surface area contributed by atoms with E-state index in [-0.39, 0.29) is 0 Å². The van der Waals surface area contributed by atoms with Crippen molar-refractivity contribution in [2.45, 2.75) is 19.8 Å². The molecule has 0 atom stereocenters. The molecule has 0 aliphatic carbocycles. The van der Waals surface area contributed by atoms with Crippen LogP contribution in [0.5, 0.6) is 0 Å². The lowest BCUT2D eigenvalue weighted by Gasteiger charge is -2.19. The molecule has 0 aromatic carbocycles. The van der Waals surface area contributed by atoms with E-state index >= 15 is 0 Å². The van der Waals surface area contributed by atoms with Crippen molar-refractivity contribution in [3.63, 3.8) is 0 Å². The van der Waals surface area contributed by atoms with Crippen LogP contribution in [0, 0.1) is 0 Å². The normalized spacial score (nSPS) is 11.2. The first-order valence-corrected chi connectivity index (χ1v) is 6.64. The smallest absolute Gasteiger partial charge is 0.0522 e. The zero-order valence-electron chi connectivity index (χ0n) is 9.62. The first-order chi connectivity index (χ1) is 7.26. The van der Waals surface area contributed by atoms with Gasteiger partial charge in [0.25, 0.3) is 0 Å². The quantitative estimate of drug-likeness (QED) is 0.710. The number of aromatic nitrogens is 2. The van der Waals surface area contributed by atoms with E-state index in [1.165, 1.54) is 18.5 Å². The summed E-state index contributed by atoms with van der Waals surface area (Å²) in [6, 6.07) is 0. The molecule has 0 amide bonds. The third-order valence-electron chi connectivity index (χ3n) is 2.53. The van der Waals surface area contributed by atoms with Crippen LogP contribution in [0.3, 0.4) is 0 Å². The molecule has 1 rings (SSSR count). The third-order valence-corrected chi connectivity index (χ3v) is 3.09. The summed E-state index contributed by atoms with van der Waals surface area (Å²) in [7, 11) is 1.96. The van der Waals surface area contributed by atoms with Crippen LogP contribution in [-0.4, -0.2) is 39.6 Å². The van der Waals surface area contributed by atoms with Gasteiger partial charge in [0.2, 0.25) is 0 Å². The lowest BCUT2D eigenvalue weighted by Crippen LogP contribution is -2.27. The Balaban J connectivity index is 2.27. The van der Waals surface area contributed by atoms with Gasteiger partial charge >= 0.3 is 0 Å². The van der Waals surface area contributed by atoms with Gasteiger partial charge in [-0.2, -0.15) is 5.10 Å². The van der Waals surface area contributed by atoms with Gasteiger partial charge in [-0.05, 0) is 31.5 Å². The zero-order chi connectivity index (χ0) is 11.1. The highest BCUT2D eigenvalue weighted by atomic mass is 79.9. The number of hydrogen-bond donors (Lipinski definition) is 0. The van der Waals surface area contributed by atoms with E-state index in [0.29, 0.717) is 0 Å². The minimum atomic E-state index is 1.09. The second kappa shape index (κ2) is 7.01. The van der Waals surface area contributed by atoms with E-state index in [1.54, 1.807) is 0 Å². The first kappa shape index (κ1) is 12.7. The Bertz CT molecular complexity index is 273. The average molecular weight is 274 g/mol. The van der Waals surface area contributed by atoms with Gasteiger partial charge in [0.15, 0.2) is 0 Å². The van der Waals surface area contributed by atoms with Gasteiger partial charge in [0.05, 0.1) is 6.20 Å². The molecular formula is C11H20BrN3. The summed E-state index contributed by atoms with van der Waals surface area (Å²) < 4.78 is 1.87. The topological polar surface area (TPSA) is 21.1 Å². The highest BCUT2D eigenvalue weighted by Crippen LogP contribution is 2.01. The predicted molar refractivity (Wildman–Crippen MR) is 67.4 cm³/mol. The zero-order valence-corrected chi connectivity index (χ0v) is 11.2. The highest BCUT2D eigenvalue weighted by Gasteiger charge is 2.03.